The molecule has 0 aliphatic carbocycles. The normalized spacial score (nSPS) is 21.4. The van der Waals surface area contributed by atoms with E-state index in [1.165, 1.54) is 4.88 Å². The van der Waals surface area contributed by atoms with Gasteiger partial charge < -0.3 is 5.32 Å². The van der Waals surface area contributed by atoms with Gasteiger partial charge in [0.2, 0.25) is 0 Å². The van der Waals surface area contributed by atoms with Gasteiger partial charge in [0, 0.05) is 16.8 Å². The number of nitrogens with one attached hydrogen (secondary N) is 1. The molecule has 2 rings (SSSR count). The van der Waals surface area contributed by atoms with Gasteiger partial charge in [-0.15, -0.1) is 11.3 Å². The molecule has 5 heteroatoms. The number of hydrogen-bond acceptors (Lipinski definition) is 5. The van der Waals surface area contributed by atoms with Crippen molar-refractivity contribution in [3.05, 3.63) is 16.1 Å². The zero-order valence-electron chi connectivity index (χ0n) is 10.6. The zero-order valence-corrected chi connectivity index (χ0v) is 12.2. The van der Waals surface area contributed by atoms with Crippen molar-refractivity contribution < 1.29 is 0 Å². The first kappa shape index (κ1) is 12.9. The van der Waals surface area contributed by atoms with Crippen LogP contribution in [0.1, 0.15) is 43.1 Å². The minimum Gasteiger partial charge on any atom is -0.356 e. The Bertz CT molecular complexity index is 400. The Balaban J connectivity index is 1.95. The van der Waals surface area contributed by atoms with Crippen molar-refractivity contribution >= 4 is 28.3 Å². The predicted octanol–water partition coefficient (Wildman–Crippen LogP) is 3.24. The molecule has 0 bridgehead atoms. The quantitative estimate of drug-likeness (QED) is 0.912. The van der Waals surface area contributed by atoms with Crippen LogP contribution in [0.3, 0.4) is 0 Å². The number of aryl methyl sites for hydroxylation is 1. The molecular weight excluding hydrogens is 250 g/mol. The smallest absolute Gasteiger partial charge is 0.157 e. The van der Waals surface area contributed by atoms with E-state index in [0.717, 1.165) is 28.8 Å². The minimum atomic E-state index is 0.266. The highest BCUT2D eigenvalue weighted by Gasteiger charge is 2.19. The second kappa shape index (κ2) is 5.87. The summed E-state index contributed by atoms with van der Waals surface area (Å²) in [5.41, 5.74) is 0. The molecule has 0 fully saturated rings. The maximum atomic E-state index is 4.64. The molecule has 1 N–H and O–H groups in total. The van der Waals surface area contributed by atoms with Gasteiger partial charge in [0.05, 0.1) is 12.1 Å². The molecule has 2 heterocycles. The SMILES string of the molecule is CCc1cnc(C(C)NC2=NC(CC)CS2)s1. The first-order valence-electron chi connectivity index (χ1n) is 6.14. The van der Waals surface area contributed by atoms with Gasteiger partial charge in [-0.1, -0.05) is 25.6 Å². The van der Waals surface area contributed by atoms with Gasteiger partial charge in [0.1, 0.15) is 5.01 Å². The summed E-state index contributed by atoms with van der Waals surface area (Å²) < 4.78 is 0. The maximum Gasteiger partial charge on any atom is 0.157 e. The summed E-state index contributed by atoms with van der Waals surface area (Å²) in [6.45, 7) is 6.51. The Kier molecular flexibility index (Phi) is 4.45. The summed E-state index contributed by atoms with van der Waals surface area (Å²) in [4.78, 5) is 10.5. The molecule has 0 spiro atoms. The first-order valence-corrected chi connectivity index (χ1v) is 7.94. The monoisotopic (exact) mass is 269 g/mol. The summed E-state index contributed by atoms with van der Waals surface area (Å²) in [6, 6.07) is 0.763. The summed E-state index contributed by atoms with van der Waals surface area (Å²) in [5.74, 6) is 1.11. The predicted molar refractivity (Wildman–Crippen MR) is 77.0 cm³/mol. The van der Waals surface area contributed by atoms with E-state index in [1.54, 1.807) is 11.3 Å². The molecule has 1 aromatic rings. The van der Waals surface area contributed by atoms with Gasteiger partial charge in [-0.2, -0.15) is 0 Å². The molecule has 0 radical (unpaired) electrons. The number of aliphatic imine (C=N–C) groups is 1. The van der Waals surface area contributed by atoms with E-state index >= 15 is 0 Å². The third-order valence-corrected chi connectivity index (χ3v) is 5.19. The maximum absolute atomic E-state index is 4.64. The van der Waals surface area contributed by atoms with Crippen LogP contribution in [0.15, 0.2) is 11.2 Å². The van der Waals surface area contributed by atoms with E-state index in [4.69, 9.17) is 0 Å². The number of thiazole rings is 1. The Morgan fingerprint density at radius 1 is 1.53 bits per heavy atom. The average molecular weight is 269 g/mol. The largest absolute Gasteiger partial charge is 0.356 e. The van der Waals surface area contributed by atoms with Crippen LogP contribution in [0.25, 0.3) is 0 Å². The highest BCUT2D eigenvalue weighted by molar-refractivity contribution is 8.14. The number of rotatable bonds is 4. The lowest BCUT2D eigenvalue weighted by Crippen LogP contribution is -2.22. The highest BCUT2D eigenvalue weighted by atomic mass is 32.2. The molecule has 2 atom stereocenters. The fourth-order valence-corrected chi connectivity index (χ4v) is 3.64. The lowest BCUT2D eigenvalue weighted by atomic mass is 10.3. The fourth-order valence-electron chi connectivity index (χ4n) is 1.64. The van der Waals surface area contributed by atoms with Gasteiger partial charge in [0.25, 0.3) is 0 Å². The van der Waals surface area contributed by atoms with Crippen LogP contribution < -0.4 is 5.32 Å². The van der Waals surface area contributed by atoms with Gasteiger partial charge in [-0.25, -0.2) is 4.98 Å². The number of amidine groups is 1. The number of aromatic nitrogens is 1. The van der Waals surface area contributed by atoms with E-state index in [1.807, 2.05) is 18.0 Å². The summed E-state index contributed by atoms with van der Waals surface area (Å²) in [6.07, 6.45) is 4.18. The Morgan fingerprint density at radius 3 is 2.94 bits per heavy atom. The summed E-state index contributed by atoms with van der Waals surface area (Å²) in [5, 5.41) is 5.70. The second-order valence-corrected chi connectivity index (χ2v) is 6.35. The van der Waals surface area contributed by atoms with Gasteiger partial charge in [-0.3, -0.25) is 4.99 Å². The van der Waals surface area contributed by atoms with Crippen LogP contribution in [0.2, 0.25) is 0 Å². The molecule has 0 amide bonds. The van der Waals surface area contributed by atoms with Crippen LogP contribution in [0.5, 0.6) is 0 Å². The van der Waals surface area contributed by atoms with E-state index in [0.29, 0.717) is 6.04 Å². The molecule has 94 valence electrons. The van der Waals surface area contributed by atoms with Crippen LogP contribution in [0.4, 0.5) is 0 Å². The van der Waals surface area contributed by atoms with Crippen molar-refractivity contribution in [1.29, 1.82) is 0 Å². The van der Waals surface area contributed by atoms with Crippen LogP contribution in [-0.4, -0.2) is 21.9 Å². The summed E-state index contributed by atoms with van der Waals surface area (Å²) >= 11 is 3.62. The van der Waals surface area contributed by atoms with Gasteiger partial charge in [0.15, 0.2) is 5.17 Å². The third-order valence-electron chi connectivity index (χ3n) is 2.81. The molecule has 3 nitrogen and oxygen atoms in total. The van der Waals surface area contributed by atoms with Crippen LogP contribution in [-0.2, 0) is 6.42 Å². The number of thioether (sulfide) groups is 1. The molecule has 1 aromatic heterocycles. The van der Waals surface area contributed by atoms with E-state index in [-0.39, 0.29) is 6.04 Å². The molecule has 17 heavy (non-hydrogen) atoms. The first-order chi connectivity index (χ1) is 8.22. The number of nitrogens with zero attached hydrogens (tertiary/aromatic N) is 2. The van der Waals surface area contributed by atoms with Crippen molar-refractivity contribution in [1.82, 2.24) is 10.3 Å². The van der Waals surface area contributed by atoms with Crippen LogP contribution in [0, 0.1) is 0 Å². The van der Waals surface area contributed by atoms with Gasteiger partial charge in [-0.05, 0) is 19.8 Å². The summed E-state index contributed by atoms with van der Waals surface area (Å²) in [7, 11) is 0. The van der Waals surface area contributed by atoms with Crippen molar-refractivity contribution in [2.24, 2.45) is 4.99 Å². The molecule has 1 aliphatic heterocycles. The second-order valence-electron chi connectivity index (χ2n) is 4.19. The van der Waals surface area contributed by atoms with Crippen molar-refractivity contribution in [2.75, 3.05) is 5.75 Å². The lowest BCUT2D eigenvalue weighted by molar-refractivity contribution is 0.698. The van der Waals surface area contributed by atoms with E-state index < -0.39 is 0 Å². The Morgan fingerprint density at radius 2 is 2.35 bits per heavy atom. The van der Waals surface area contributed by atoms with Crippen molar-refractivity contribution in [3.63, 3.8) is 0 Å². The highest BCUT2D eigenvalue weighted by Crippen LogP contribution is 2.24. The average Bonchev–Trinajstić information content (AvgIpc) is 2.96. The van der Waals surface area contributed by atoms with Crippen LogP contribution >= 0.6 is 23.1 Å². The molecule has 2 unspecified atom stereocenters. The standard InChI is InChI=1S/C12H19N3S2/c1-4-9-7-16-12(15-9)14-8(3)11-13-6-10(5-2)17-11/h6,8-9H,4-5,7H2,1-3H3,(H,14,15). The molecule has 0 saturated heterocycles. The fraction of sp³-hybridized carbons (Fsp3) is 0.667. The molecular formula is C12H19N3S2. The molecule has 0 aromatic carbocycles. The van der Waals surface area contributed by atoms with E-state index in [9.17, 15) is 0 Å². The number of hydrogen-bond donors (Lipinski definition) is 1. The third kappa shape index (κ3) is 3.22. The molecule has 0 saturated carbocycles. The van der Waals surface area contributed by atoms with Crippen molar-refractivity contribution in [3.8, 4) is 0 Å². The Labute approximate surface area is 111 Å². The van der Waals surface area contributed by atoms with Gasteiger partial charge >= 0.3 is 0 Å². The topological polar surface area (TPSA) is 37.3 Å². The lowest BCUT2D eigenvalue weighted by Gasteiger charge is -2.11. The Hall–Kier alpha value is -0.550. The minimum absolute atomic E-state index is 0.266. The zero-order chi connectivity index (χ0) is 12.3. The van der Waals surface area contributed by atoms with Crippen molar-refractivity contribution in [2.45, 2.75) is 45.7 Å². The van der Waals surface area contributed by atoms with E-state index in [2.05, 4.69) is 36.1 Å². The molecule has 1 aliphatic rings.